The molecule has 3 aromatic rings. The molecule has 0 radical (unpaired) electrons. The van der Waals surface area contributed by atoms with E-state index in [0.717, 1.165) is 17.0 Å². The molecule has 1 aromatic heterocycles. The monoisotopic (exact) mass is 385 g/mol. The van der Waals surface area contributed by atoms with E-state index < -0.39 is 5.41 Å². The highest BCUT2D eigenvalue weighted by molar-refractivity contribution is 6.06. The third-order valence-corrected chi connectivity index (χ3v) is 4.47. The zero-order valence-electron chi connectivity index (χ0n) is 17.0. The molecule has 0 aliphatic rings. The van der Waals surface area contributed by atoms with Gasteiger partial charge in [0.1, 0.15) is 11.8 Å². The molecule has 5 heteroatoms. The minimum absolute atomic E-state index is 0.111. The van der Waals surface area contributed by atoms with Crippen molar-refractivity contribution in [3.8, 4) is 28.8 Å². The summed E-state index contributed by atoms with van der Waals surface area (Å²) >= 11 is 0. The number of Topliss-reactive ketones (excluding diaryl/α,β-unsaturated/α-hetero) is 1. The maximum absolute atomic E-state index is 12.7. The first-order valence-electron chi connectivity index (χ1n) is 9.29. The van der Waals surface area contributed by atoms with Gasteiger partial charge in [-0.25, -0.2) is 4.68 Å². The highest BCUT2D eigenvalue weighted by Gasteiger charge is 2.25. The molecule has 0 aliphatic carbocycles. The molecule has 5 nitrogen and oxygen atoms in total. The van der Waals surface area contributed by atoms with Gasteiger partial charge in [0.05, 0.1) is 24.1 Å². The highest BCUT2D eigenvalue weighted by atomic mass is 16.5. The number of nitriles is 1. The van der Waals surface area contributed by atoms with Gasteiger partial charge in [-0.3, -0.25) is 4.79 Å². The Balaban J connectivity index is 2.16. The summed E-state index contributed by atoms with van der Waals surface area (Å²) in [5.41, 5.74) is 2.62. The fourth-order valence-corrected chi connectivity index (χ4v) is 2.89. The molecule has 0 spiro atoms. The number of rotatable bonds is 5. The van der Waals surface area contributed by atoms with E-state index in [1.165, 1.54) is 0 Å². The van der Waals surface area contributed by atoms with Crippen molar-refractivity contribution in [3.63, 3.8) is 0 Å². The molecule has 0 saturated carbocycles. The number of benzene rings is 2. The number of hydrogen-bond acceptors (Lipinski definition) is 4. The average Bonchev–Trinajstić information content (AvgIpc) is 3.15. The lowest BCUT2D eigenvalue weighted by Gasteiger charge is -2.15. The van der Waals surface area contributed by atoms with Crippen molar-refractivity contribution in [3.05, 3.63) is 71.9 Å². The van der Waals surface area contributed by atoms with Crippen LogP contribution in [0.4, 0.5) is 0 Å². The summed E-state index contributed by atoms with van der Waals surface area (Å²) in [4.78, 5) is 12.7. The standard InChI is InChI=1S/C24H23N3O2/c1-24(2,3)23(28)18(15-25)14-19-16-27(20-8-6-5-7-9-20)26-22(19)17-10-12-21(29-4)13-11-17/h5-14,16H,1-4H3/b18-14-. The number of aromatic nitrogens is 2. The van der Waals surface area contributed by atoms with Gasteiger partial charge in [0.25, 0.3) is 0 Å². The second kappa shape index (κ2) is 8.15. The van der Waals surface area contributed by atoms with E-state index in [2.05, 4.69) is 6.07 Å². The lowest BCUT2D eigenvalue weighted by molar-refractivity contribution is -0.121. The zero-order chi connectivity index (χ0) is 21.0. The van der Waals surface area contributed by atoms with E-state index in [4.69, 9.17) is 9.84 Å². The number of allylic oxidation sites excluding steroid dienone is 1. The fourth-order valence-electron chi connectivity index (χ4n) is 2.89. The van der Waals surface area contributed by atoms with Crippen molar-refractivity contribution in [1.82, 2.24) is 9.78 Å². The van der Waals surface area contributed by atoms with Crippen LogP contribution in [0.25, 0.3) is 23.0 Å². The number of para-hydroxylation sites is 1. The van der Waals surface area contributed by atoms with Gasteiger partial charge in [-0.1, -0.05) is 39.0 Å². The van der Waals surface area contributed by atoms with E-state index in [1.54, 1.807) is 38.6 Å². The minimum Gasteiger partial charge on any atom is -0.497 e. The third-order valence-electron chi connectivity index (χ3n) is 4.47. The van der Waals surface area contributed by atoms with Crippen LogP contribution in [0.2, 0.25) is 0 Å². The maximum atomic E-state index is 12.7. The number of nitrogens with zero attached hydrogens (tertiary/aromatic N) is 3. The molecule has 0 aliphatic heterocycles. The minimum atomic E-state index is -0.642. The van der Waals surface area contributed by atoms with Gasteiger partial charge >= 0.3 is 0 Å². The lowest BCUT2D eigenvalue weighted by Crippen LogP contribution is -2.21. The molecule has 2 aromatic carbocycles. The molecule has 146 valence electrons. The molecule has 1 heterocycles. The number of ketones is 1. The van der Waals surface area contributed by atoms with E-state index in [-0.39, 0.29) is 11.4 Å². The summed E-state index contributed by atoms with van der Waals surface area (Å²) in [6.07, 6.45) is 3.46. The summed E-state index contributed by atoms with van der Waals surface area (Å²) in [7, 11) is 1.62. The first-order valence-corrected chi connectivity index (χ1v) is 9.29. The van der Waals surface area contributed by atoms with Crippen molar-refractivity contribution in [2.45, 2.75) is 20.8 Å². The molecule has 0 atom stereocenters. The SMILES string of the molecule is COc1ccc(-c2nn(-c3ccccc3)cc2/C=C(/C#N)C(=O)C(C)(C)C)cc1. The normalized spacial score (nSPS) is 11.8. The Morgan fingerprint density at radius 3 is 2.31 bits per heavy atom. The number of carbonyl (C=O) groups is 1. The van der Waals surface area contributed by atoms with Gasteiger partial charge in [0.15, 0.2) is 5.78 Å². The Morgan fingerprint density at radius 1 is 1.10 bits per heavy atom. The topological polar surface area (TPSA) is 67.9 Å². The smallest absolute Gasteiger partial charge is 0.178 e. The summed E-state index contributed by atoms with van der Waals surface area (Å²) in [6, 6.07) is 19.3. The predicted molar refractivity (Wildman–Crippen MR) is 114 cm³/mol. The molecule has 29 heavy (non-hydrogen) atoms. The highest BCUT2D eigenvalue weighted by Crippen LogP contribution is 2.29. The first-order chi connectivity index (χ1) is 13.8. The van der Waals surface area contributed by atoms with Crippen molar-refractivity contribution < 1.29 is 9.53 Å². The molecule has 0 fully saturated rings. The van der Waals surface area contributed by atoms with Crippen LogP contribution < -0.4 is 4.74 Å². The third kappa shape index (κ3) is 4.44. The summed E-state index contributed by atoms with van der Waals surface area (Å²) in [5.74, 6) is 0.544. The van der Waals surface area contributed by atoms with Crippen molar-refractivity contribution in [1.29, 1.82) is 5.26 Å². The summed E-state index contributed by atoms with van der Waals surface area (Å²) in [5, 5.41) is 14.3. The zero-order valence-corrected chi connectivity index (χ0v) is 17.0. The van der Waals surface area contributed by atoms with Gasteiger partial charge in [-0.2, -0.15) is 10.4 Å². The average molecular weight is 385 g/mol. The van der Waals surface area contributed by atoms with Crippen molar-refractivity contribution in [2.75, 3.05) is 7.11 Å². The van der Waals surface area contributed by atoms with Gasteiger partial charge in [0.2, 0.25) is 0 Å². The van der Waals surface area contributed by atoms with E-state index in [0.29, 0.717) is 11.3 Å². The van der Waals surface area contributed by atoms with Gasteiger partial charge in [-0.05, 0) is 42.5 Å². The van der Waals surface area contributed by atoms with Crippen LogP contribution in [0.1, 0.15) is 26.3 Å². The van der Waals surface area contributed by atoms with Crippen LogP contribution in [-0.2, 0) is 4.79 Å². The molecule has 0 amide bonds. The quantitative estimate of drug-likeness (QED) is 0.454. The number of hydrogen-bond donors (Lipinski definition) is 0. The molecular weight excluding hydrogens is 362 g/mol. The van der Waals surface area contributed by atoms with Crippen molar-refractivity contribution >= 4 is 11.9 Å². The molecule has 0 N–H and O–H groups in total. The van der Waals surface area contributed by atoms with Crippen molar-refractivity contribution in [2.24, 2.45) is 5.41 Å². The summed E-state index contributed by atoms with van der Waals surface area (Å²) < 4.78 is 6.99. The van der Waals surface area contributed by atoms with E-state index in [9.17, 15) is 10.1 Å². The largest absolute Gasteiger partial charge is 0.497 e. The van der Waals surface area contributed by atoms with Crippen LogP contribution in [0.15, 0.2) is 66.4 Å². The van der Waals surface area contributed by atoms with Gasteiger partial charge in [-0.15, -0.1) is 0 Å². The Morgan fingerprint density at radius 2 is 1.76 bits per heavy atom. The number of ether oxygens (including phenoxy) is 1. The predicted octanol–water partition coefficient (Wildman–Crippen LogP) is 5.07. The maximum Gasteiger partial charge on any atom is 0.178 e. The second-order valence-electron chi connectivity index (χ2n) is 7.69. The van der Waals surface area contributed by atoms with E-state index in [1.807, 2.05) is 60.8 Å². The van der Waals surface area contributed by atoms with Crippen LogP contribution >= 0.6 is 0 Å². The van der Waals surface area contributed by atoms with Crippen LogP contribution in [0, 0.1) is 16.7 Å². The number of methoxy groups -OCH3 is 1. The van der Waals surface area contributed by atoms with Crippen LogP contribution in [0.3, 0.4) is 0 Å². The molecule has 0 saturated heterocycles. The Bertz CT molecular complexity index is 1080. The number of carbonyl (C=O) groups excluding carboxylic acids is 1. The Labute approximate surface area is 170 Å². The molecule has 0 unspecified atom stereocenters. The molecular formula is C24H23N3O2. The lowest BCUT2D eigenvalue weighted by atomic mass is 9.86. The molecule has 3 rings (SSSR count). The van der Waals surface area contributed by atoms with E-state index >= 15 is 0 Å². The first kappa shape index (κ1) is 20.1. The van der Waals surface area contributed by atoms with Gasteiger partial charge in [0, 0.05) is 22.7 Å². The van der Waals surface area contributed by atoms with Gasteiger partial charge < -0.3 is 4.74 Å². The summed E-state index contributed by atoms with van der Waals surface area (Å²) in [6.45, 7) is 5.41. The Hall–Kier alpha value is -3.65. The fraction of sp³-hybridized carbons (Fsp3) is 0.208. The Kier molecular flexibility index (Phi) is 5.65. The van der Waals surface area contributed by atoms with Crippen LogP contribution in [-0.4, -0.2) is 22.7 Å². The molecule has 0 bridgehead atoms. The second-order valence-corrected chi connectivity index (χ2v) is 7.69. The van der Waals surface area contributed by atoms with Crippen LogP contribution in [0.5, 0.6) is 5.75 Å².